The molecular formula is C21H24ClNO4. The minimum atomic E-state index is -0.656. The van der Waals surface area contributed by atoms with Crippen LogP contribution in [0.2, 0.25) is 5.02 Å². The third-order valence-electron chi connectivity index (χ3n) is 4.47. The molecule has 0 bridgehead atoms. The average molecular weight is 390 g/mol. The van der Waals surface area contributed by atoms with Gasteiger partial charge in [-0.05, 0) is 51.1 Å². The van der Waals surface area contributed by atoms with E-state index >= 15 is 0 Å². The number of hydrogen-bond acceptors (Lipinski definition) is 4. The summed E-state index contributed by atoms with van der Waals surface area (Å²) in [5.41, 5.74) is 0.521. The molecule has 1 heterocycles. The molecule has 6 heteroatoms. The lowest BCUT2D eigenvalue weighted by Gasteiger charge is -2.38. The number of hydrogen-bond donors (Lipinski definition) is 1. The molecule has 5 nitrogen and oxygen atoms in total. The standard InChI is InChI=1S/C21H24ClNO4/c1-13(26-16-7-5-6-14(22)10-16)20(24)23-18-12-21(2,3)27-19-11-15(25-4)8-9-17(18)19/h5-11,13,18H,12H2,1-4H3,(H,23,24)/t13-,18-/m0/s1. The van der Waals surface area contributed by atoms with Crippen LogP contribution in [0.4, 0.5) is 0 Å². The molecule has 0 unspecified atom stereocenters. The minimum Gasteiger partial charge on any atom is -0.497 e. The smallest absolute Gasteiger partial charge is 0.261 e. The first-order chi connectivity index (χ1) is 12.8. The van der Waals surface area contributed by atoms with Crippen LogP contribution in [0.1, 0.15) is 38.8 Å². The van der Waals surface area contributed by atoms with Crippen LogP contribution in [0.15, 0.2) is 42.5 Å². The van der Waals surface area contributed by atoms with Gasteiger partial charge in [0.25, 0.3) is 5.91 Å². The fourth-order valence-electron chi connectivity index (χ4n) is 3.17. The van der Waals surface area contributed by atoms with E-state index in [1.165, 1.54) is 0 Å². The Hall–Kier alpha value is -2.40. The highest BCUT2D eigenvalue weighted by Crippen LogP contribution is 2.41. The van der Waals surface area contributed by atoms with Gasteiger partial charge in [-0.1, -0.05) is 17.7 Å². The van der Waals surface area contributed by atoms with E-state index in [0.717, 1.165) is 11.3 Å². The van der Waals surface area contributed by atoms with Crippen molar-refractivity contribution >= 4 is 17.5 Å². The molecule has 3 rings (SSSR count). The summed E-state index contributed by atoms with van der Waals surface area (Å²) in [6.07, 6.45) is -0.00165. The fraction of sp³-hybridized carbons (Fsp3) is 0.381. The quantitative estimate of drug-likeness (QED) is 0.815. The molecule has 0 fully saturated rings. The van der Waals surface area contributed by atoms with Crippen LogP contribution < -0.4 is 19.5 Å². The van der Waals surface area contributed by atoms with Crippen LogP contribution in [0.5, 0.6) is 17.2 Å². The molecule has 1 aliphatic rings. The summed E-state index contributed by atoms with van der Waals surface area (Å²) in [5.74, 6) is 1.80. The number of fused-ring (bicyclic) bond motifs is 1. The zero-order valence-corrected chi connectivity index (χ0v) is 16.7. The first-order valence-electron chi connectivity index (χ1n) is 8.87. The van der Waals surface area contributed by atoms with Gasteiger partial charge in [0.2, 0.25) is 0 Å². The summed E-state index contributed by atoms with van der Waals surface area (Å²) in [7, 11) is 1.61. The lowest BCUT2D eigenvalue weighted by molar-refractivity contribution is -0.128. The Morgan fingerprint density at radius 3 is 2.74 bits per heavy atom. The third-order valence-corrected chi connectivity index (χ3v) is 4.71. The average Bonchev–Trinajstić information content (AvgIpc) is 2.60. The van der Waals surface area contributed by atoms with Crippen molar-refractivity contribution in [3.8, 4) is 17.2 Å². The minimum absolute atomic E-state index is 0.174. The van der Waals surface area contributed by atoms with Crippen molar-refractivity contribution in [1.82, 2.24) is 5.32 Å². The molecule has 0 saturated heterocycles. The van der Waals surface area contributed by atoms with Gasteiger partial charge in [-0.3, -0.25) is 4.79 Å². The summed E-state index contributed by atoms with van der Waals surface area (Å²) >= 11 is 5.97. The van der Waals surface area contributed by atoms with Crippen LogP contribution in [0.25, 0.3) is 0 Å². The molecule has 0 spiro atoms. The Balaban J connectivity index is 1.75. The van der Waals surface area contributed by atoms with E-state index in [0.29, 0.717) is 22.9 Å². The highest BCUT2D eigenvalue weighted by molar-refractivity contribution is 6.30. The van der Waals surface area contributed by atoms with Crippen molar-refractivity contribution in [3.63, 3.8) is 0 Å². The molecule has 2 aromatic carbocycles. The maximum Gasteiger partial charge on any atom is 0.261 e. The fourth-order valence-corrected chi connectivity index (χ4v) is 3.35. The molecule has 0 saturated carbocycles. The number of carbonyl (C=O) groups is 1. The van der Waals surface area contributed by atoms with Gasteiger partial charge in [-0.2, -0.15) is 0 Å². The molecule has 2 aromatic rings. The summed E-state index contributed by atoms with van der Waals surface area (Å²) in [6.45, 7) is 5.72. The monoisotopic (exact) mass is 389 g/mol. The van der Waals surface area contributed by atoms with Crippen molar-refractivity contribution in [2.45, 2.75) is 44.9 Å². The maximum atomic E-state index is 12.7. The summed E-state index contributed by atoms with van der Waals surface area (Å²) < 4.78 is 17.1. The number of carbonyl (C=O) groups excluding carboxylic acids is 1. The summed E-state index contributed by atoms with van der Waals surface area (Å²) in [6, 6.07) is 12.5. The molecule has 0 aromatic heterocycles. The van der Waals surface area contributed by atoms with Gasteiger partial charge in [0.1, 0.15) is 22.8 Å². The van der Waals surface area contributed by atoms with Gasteiger partial charge < -0.3 is 19.5 Å². The van der Waals surface area contributed by atoms with E-state index in [2.05, 4.69) is 5.32 Å². The second kappa shape index (κ2) is 7.69. The van der Waals surface area contributed by atoms with Crippen molar-refractivity contribution in [2.24, 2.45) is 0 Å². The van der Waals surface area contributed by atoms with Crippen LogP contribution in [-0.4, -0.2) is 24.7 Å². The van der Waals surface area contributed by atoms with Crippen molar-refractivity contribution in [3.05, 3.63) is 53.1 Å². The van der Waals surface area contributed by atoms with Crippen molar-refractivity contribution < 1.29 is 19.0 Å². The van der Waals surface area contributed by atoms with Crippen LogP contribution in [0, 0.1) is 0 Å². The number of benzene rings is 2. The van der Waals surface area contributed by atoms with E-state index in [4.69, 9.17) is 25.8 Å². The van der Waals surface area contributed by atoms with Gasteiger partial charge in [-0.25, -0.2) is 0 Å². The zero-order valence-electron chi connectivity index (χ0n) is 15.9. The van der Waals surface area contributed by atoms with Gasteiger partial charge in [0, 0.05) is 23.1 Å². The van der Waals surface area contributed by atoms with E-state index in [9.17, 15) is 4.79 Å². The molecule has 1 N–H and O–H groups in total. The second-order valence-electron chi connectivity index (χ2n) is 7.25. The molecule has 27 heavy (non-hydrogen) atoms. The molecule has 1 aliphatic heterocycles. The molecule has 144 valence electrons. The largest absolute Gasteiger partial charge is 0.497 e. The number of amides is 1. The molecule has 2 atom stereocenters. The van der Waals surface area contributed by atoms with Gasteiger partial charge in [0.05, 0.1) is 13.2 Å². The van der Waals surface area contributed by atoms with Crippen molar-refractivity contribution in [1.29, 1.82) is 0 Å². The van der Waals surface area contributed by atoms with Gasteiger partial charge in [0.15, 0.2) is 6.10 Å². The van der Waals surface area contributed by atoms with E-state index in [1.807, 2.05) is 32.0 Å². The number of rotatable bonds is 5. The highest BCUT2D eigenvalue weighted by atomic mass is 35.5. The second-order valence-corrected chi connectivity index (χ2v) is 7.68. The first-order valence-corrected chi connectivity index (χ1v) is 9.25. The SMILES string of the molecule is COc1ccc2c(c1)OC(C)(C)C[C@@H]2NC(=O)[C@H](C)Oc1cccc(Cl)c1. The maximum absolute atomic E-state index is 12.7. The Morgan fingerprint density at radius 1 is 1.26 bits per heavy atom. The predicted molar refractivity (Wildman–Crippen MR) is 105 cm³/mol. The van der Waals surface area contributed by atoms with Crippen LogP contribution in [0.3, 0.4) is 0 Å². The first kappa shape index (κ1) is 19.4. The Labute approximate surface area is 164 Å². The number of halogens is 1. The van der Waals surface area contributed by atoms with Crippen LogP contribution in [-0.2, 0) is 4.79 Å². The predicted octanol–water partition coefficient (Wildman–Crippen LogP) is 4.53. The lowest BCUT2D eigenvalue weighted by Crippen LogP contribution is -2.44. The number of methoxy groups -OCH3 is 1. The lowest BCUT2D eigenvalue weighted by atomic mass is 9.89. The summed E-state index contributed by atoms with van der Waals surface area (Å²) in [4.78, 5) is 12.7. The third kappa shape index (κ3) is 4.66. The number of nitrogens with one attached hydrogen (secondary N) is 1. The Kier molecular flexibility index (Phi) is 5.51. The van der Waals surface area contributed by atoms with Crippen LogP contribution >= 0.6 is 11.6 Å². The van der Waals surface area contributed by atoms with E-state index in [1.54, 1.807) is 38.3 Å². The van der Waals surface area contributed by atoms with Gasteiger partial charge in [-0.15, -0.1) is 0 Å². The normalized spacial score (nSPS) is 18.6. The van der Waals surface area contributed by atoms with Gasteiger partial charge >= 0.3 is 0 Å². The highest BCUT2D eigenvalue weighted by Gasteiger charge is 2.35. The van der Waals surface area contributed by atoms with E-state index < -0.39 is 11.7 Å². The molecule has 0 radical (unpaired) electrons. The topological polar surface area (TPSA) is 56.8 Å². The van der Waals surface area contributed by atoms with E-state index in [-0.39, 0.29) is 11.9 Å². The summed E-state index contributed by atoms with van der Waals surface area (Å²) in [5, 5.41) is 3.65. The zero-order chi connectivity index (χ0) is 19.6. The Bertz CT molecular complexity index is 837. The number of ether oxygens (including phenoxy) is 3. The Morgan fingerprint density at radius 2 is 2.04 bits per heavy atom. The molecule has 1 amide bonds. The molecular weight excluding hydrogens is 366 g/mol. The molecule has 0 aliphatic carbocycles. The van der Waals surface area contributed by atoms with Crippen molar-refractivity contribution in [2.75, 3.05) is 7.11 Å².